The lowest BCUT2D eigenvalue weighted by atomic mass is 10.1. The summed E-state index contributed by atoms with van der Waals surface area (Å²) in [6.07, 6.45) is 3.97. The van der Waals surface area contributed by atoms with E-state index in [0.717, 1.165) is 50.9 Å². The molecule has 134 valence electrons. The molecule has 0 amide bonds. The van der Waals surface area contributed by atoms with Crippen molar-refractivity contribution in [1.82, 2.24) is 24.9 Å². The second-order valence-corrected chi connectivity index (χ2v) is 7.00. The second kappa shape index (κ2) is 8.45. The standard InChI is InChI=1S/C19H27N5S/c1-3-24-15-18(13-21-24)12-20-19(25)23-9-7-22(8-10-23)14-17-6-4-5-16(2)11-17/h4-6,11,13,15H,3,7-10,12,14H2,1-2H3,(H,20,25). The highest BCUT2D eigenvalue weighted by Gasteiger charge is 2.18. The van der Waals surface area contributed by atoms with Crippen molar-refractivity contribution >= 4 is 17.3 Å². The van der Waals surface area contributed by atoms with Gasteiger partial charge in [0, 0.05) is 57.6 Å². The number of thiocarbonyl (C=S) groups is 1. The fraction of sp³-hybridized carbons (Fsp3) is 0.474. The maximum atomic E-state index is 5.56. The maximum absolute atomic E-state index is 5.56. The van der Waals surface area contributed by atoms with Crippen LogP contribution in [0.4, 0.5) is 0 Å². The molecule has 0 radical (unpaired) electrons. The van der Waals surface area contributed by atoms with E-state index in [4.69, 9.17) is 12.2 Å². The molecule has 5 nitrogen and oxygen atoms in total. The number of aryl methyl sites for hydroxylation is 2. The molecule has 25 heavy (non-hydrogen) atoms. The Labute approximate surface area is 155 Å². The molecule has 1 aromatic carbocycles. The van der Waals surface area contributed by atoms with Crippen LogP contribution in [0.2, 0.25) is 0 Å². The van der Waals surface area contributed by atoms with Crippen LogP contribution < -0.4 is 5.32 Å². The Kier molecular flexibility index (Phi) is 6.04. The first-order valence-corrected chi connectivity index (χ1v) is 9.37. The zero-order chi connectivity index (χ0) is 17.6. The molecule has 0 bridgehead atoms. The Morgan fingerprint density at radius 2 is 2.00 bits per heavy atom. The van der Waals surface area contributed by atoms with Crippen LogP contribution in [0, 0.1) is 6.92 Å². The van der Waals surface area contributed by atoms with Crippen LogP contribution in [0.5, 0.6) is 0 Å². The lowest BCUT2D eigenvalue weighted by molar-refractivity contribution is 0.174. The first-order chi connectivity index (χ1) is 12.1. The average molecular weight is 358 g/mol. The number of hydrogen-bond donors (Lipinski definition) is 1. The highest BCUT2D eigenvalue weighted by molar-refractivity contribution is 7.80. The van der Waals surface area contributed by atoms with Gasteiger partial charge in [-0.05, 0) is 31.6 Å². The topological polar surface area (TPSA) is 36.3 Å². The quantitative estimate of drug-likeness (QED) is 0.832. The van der Waals surface area contributed by atoms with Crippen molar-refractivity contribution < 1.29 is 0 Å². The van der Waals surface area contributed by atoms with Crippen LogP contribution in [0.15, 0.2) is 36.7 Å². The Balaban J connectivity index is 1.42. The van der Waals surface area contributed by atoms with Gasteiger partial charge < -0.3 is 10.2 Å². The summed E-state index contributed by atoms with van der Waals surface area (Å²) >= 11 is 5.56. The van der Waals surface area contributed by atoms with Crippen molar-refractivity contribution in [3.05, 3.63) is 53.3 Å². The van der Waals surface area contributed by atoms with E-state index in [1.165, 1.54) is 16.7 Å². The molecule has 3 rings (SSSR count). The predicted molar refractivity (Wildman–Crippen MR) is 105 cm³/mol. The van der Waals surface area contributed by atoms with Gasteiger partial charge in [-0.1, -0.05) is 29.8 Å². The molecular weight excluding hydrogens is 330 g/mol. The lowest BCUT2D eigenvalue weighted by Crippen LogP contribution is -2.51. The van der Waals surface area contributed by atoms with E-state index in [9.17, 15) is 0 Å². The van der Waals surface area contributed by atoms with E-state index in [-0.39, 0.29) is 0 Å². The van der Waals surface area contributed by atoms with Crippen LogP contribution in [-0.4, -0.2) is 50.9 Å². The lowest BCUT2D eigenvalue weighted by Gasteiger charge is -2.36. The van der Waals surface area contributed by atoms with Crippen molar-refractivity contribution in [2.75, 3.05) is 26.2 Å². The molecule has 1 aliphatic heterocycles. The van der Waals surface area contributed by atoms with Gasteiger partial charge in [0.1, 0.15) is 0 Å². The summed E-state index contributed by atoms with van der Waals surface area (Å²) in [5, 5.41) is 8.50. The molecular formula is C19H27N5S. The maximum Gasteiger partial charge on any atom is 0.169 e. The van der Waals surface area contributed by atoms with Gasteiger partial charge in [0.15, 0.2) is 5.11 Å². The fourth-order valence-corrected chi connectivity index (χ4v) is 3.39. The first kappa shape index (κ1) is 17.9. The summed E-state index contributed by atoms with van der Waals surface area (Å²) in [5.41, 5.74) is 3.89. The largest absolute Gasteiger partial charge is 0.358 e. The van der Waals surface area contributed by atoms with Crippen LogP contribution in [-0.2, 0) is 19.6 Å². The van der Waals surface area contributed by atoms with E-state index in [1.807, 2.05) is 10.9 Å². The summed E-state index contributed by atoms with van der Waals surface area (Å²) in [5.74, 6) is 0. The Morgan fingerprint density at radius 3 is 2.68 bits per heavy atom. The van der Waals surface area contributed by atoms with Gasteiger partial charge in [-0.15, -0.1) is 0 Å². The molecule has 1 N–H and O–H groups in total. The third-order valence-corrected chi connectivity index (χ3v) is 5.01. The van der Waals surface area contributed by atoms with Gasteiger partial charge >= 0.3 is 0 Å². The molecule has 2 aromatic rings. The minimum atomic E-state index is 0.738. The monoisotopic (exact) mass is 357 g/mol. The summed E-state index contributed by atoms with van der Waals surface area (Å²) in [7, 11) is 0. The second-order valence-electron chi connectivity index (χ2n) is 6.62. The van der Waals surface area contributed by atoms with Crippen LogP contribution >= 0.6 is 12.2 Å². The van der Waals surface area contributed by atoms with Crippen LogP contribution in [0.3, 0.4) is 0 Å². The number of rotatable bonds is 5. The summed E-state index contributed by atoms with van der Waals surface area (Å²) in [6, 6.07) is 8.77. The number of nitrogens with one attached hydrogen (secondary N) is 1. The molecule has 0 atom stereocenters. The van der Waals surface area contributed by atoms with Crippen molar-refractivity contribution in [2.24, 2.45) is 0 Å². The minimum Gasteiger partial charge on any atom is -0.358 e. The molecule has 0 aliphatic carbocycles. The molecule has 0 saturated carbocycles. The first-order valence-electron chi connectivity index (χ1n) is 8.96. The van der Waals surface area contributed by atoms with Gasteiger partial charge in [-0.2, -0.15) is 5.10 Å². The third-order valence-electron chi connectivity index (χ3n) is 4.60. The van der Waals surface area contributed by atoms with E-state index < -0.39 is 0 Å². The van der Waals surface area contributed by atoms with E-state index in [2.05, 4.69) is 64.5 Å². The zero-order valence-corrected chi connectivity index (χ0v) is 15.9. The number of aromatic nitrogens is 2. The van der Waals surface area contributed by atoms with Crippen LogP contribution in [0.25, 0.3) is 0 Å². The molecule has 1 saturated heterocycles. The van der Waals surface area contributed by atoms with Crippen molar-refractivity contribution in [3.63, 3.8) is 0 Å². The molecule has 2 heterocycles. The SMILES string of the molecule is CCn1cc(CNC(=S)N2CCN(Cc3cccc(C)c3)CC2)cn1. The molecule has 0 unspecified atom stereocenters. The number of hydrogen-bond acceptors (Lipinski definition) is 3. The summed E-state index contributed by atoms with van der Waals surface area (Å²) < 4.78 is 1.93. The highest BCUT2D eigenvalue weighted by atomic mass is 32.1. The number of benzene rings is 1. The van der Waals surface area contributed by atoms with Crippen molar-refractivity contribution in [2.45, 2.75) is 33.5 Å². The minimum absolute atomic E-state index is 0.738. The summed E-state index contributed by atoms with van der Waals surface area (Å²) in [4.78, 5) is 4.77. The molecule has 1 aromatic heterocycles. The van der Waals surface area contributed by atoms with Gasteiger partial charge in [-0.3, -0.25) is 9.58 Å². The number of nitrogens with zero attached hydrogens (tertiary/aromatic N) is 4. The Bertz CT molecular complexity index is 703. The third kappa shape index (κ3) is 5.03. The molecule has 1 fully saturated rings. The molecule has 1 aliphatic rings. The Hall–Kier alpha value is -1.92. The van der Waals surface area contributed by atoms with Crippen LogP contribution in [0.1, 0.15) is 23.6 Å². The fourth-order valence-electron chi connectivity index (χ4n) is 3.14. The number of piperazine rings is 1. The van der Waals surface area contributed by atoms with Gasteiger partial charge in [0.05, 0.1) is 6.20 Å². The van der Waals surface area contributed by atoms with E-state index in [0.29, 0.717) is 0 Å². The normalized spacial score (nSPS) is 15.4. The van der Waals surface area contributed by atoms with E-state index >= 15 is 0 Å². The predicted octanol–water partition coefficient (Wildman–Crippen LogP) is 2.40. The van der Waals surface area contributed by atoms with Gasteiger partial charge in [0.2, 0.25) is 0 Å². The van der Waals surface area contributed by atoms with Gasteiger partial charge in [-0.25, -0.2) is 0 Å². The molecule has 6 heteroatoms. The molecule has 0 spiro atoms. The average Bonchev–Trinajstić information content (AvgIpc) is 3.08. The highest BCUT2D eigenvalue weighted by Crippen LogP contribution is 2.10. The zero-order valence-electron chi connectivity index (χ0n) is 15.1. The van der Waals surface area contributed by atoms with Crippen molar-refractivity contribution in [3.8, 4) is 0 Å². The Morgan fingerprint density at radius 1 is 1.20 bits per heavy atom. The smallest absolute Gasteiger partial charge is 0.169 e. The van der Waals surface area contributed by atoms with Crippen molar-refractivity contribution in [1.29, 1.82) is 0 Å². The summed E-state index contributed by atoms with van der Waals surface area (Å²) in [6.45, 7) is 10.9. The van der Waals surface area contributed by atoms with Gasteiger partial charge in [0.25, 0.3) is 0 Å². The van der Waals surface area contributed by atoms with E-state index in [1.54, 1.807) is 0 Å².